The SMILES string of the molecule is CC1CC2CC(C(C)(C)C)CC(c3ccc(C(C)(C)C)cc3)C2C1. The third-order valence-corrected chi connectivity index (χ3v) is 7.06. The average molecular weight is 327 g/mol. The summed E-state index contributed by atoms with van der Waals surface area (Å²) >= 11 is 0. The standard InChI is InChI=1S/C24H38/c1-16-12-18-14-20(24(5,6)7)15-22(21(18)13-16)17-8-10-19(11-9-17)23(2,3)4/h8-11,16,18,20-22H,12-15H2,1-7H3. The van der Waals surface area contributed by atoms with Crippen molar-refractivity contribution in [1.29, 1.82) is 0 Å². The summed E-state index contributed by atoms with van der Waals surface area (Å²) in [5.41, 5.74) is 3.77. The van der Waals surface area contributed by atoms with E-state index >= 15 is 0 Å². The van der Waals surface area contributed by atoms with Gasteiger partial charge in [-0.05, 0) is 77.2 Å². The van der Waals surface area contributed by atoms with Gasteiger partial charge in [0.05, 0.1) is 0 Å². The summed E-state index contributed by atoms with van der Waals surface area (Å²) in [6.07, 6.45) is 5.78. The van der Waals surface area contributed by atoms with Crippen molar-refractivity contribution in [2.24, 2.45) is 29.1 Å². The van der Waals surface area contributed by atoms with Crippen LogP contribution in [0, 0.1) is 29.1 Å². The number of fused-ring (bicyclic) bond motifs is 1. The van der Waals surface area contributed by atoms with E-state index in [2.05, 4.69) is 72.7 Å². The molecule has 0 radical (unpaired) electrons. The molecule has 2 saturated carbocycles. The molecular weight excluding hydrogens is 288 g/mol. The third-order valence-electron chi connectivity index (χ3n) is 7.06. The Morgan fingerprint density at radius 2 is 1.42 bits per heavy atom. The molecule has 0 aliphatic heterocycles. The molecular formula is C24H38. The Bertz CT molecular complexity index is 551. The monoisotopic (exact) mass is 326 g/mol. The highest BCUT2D eigenvalue weighted by atomic mass is 14.5. The lowest BCUT2D eigenvalue weighted by Gasteiger charge is -2.44. The molecule has 0 N–H and O–H groups in total. The second-order valence-corrected chi connectivity index (χ2v) is 11.0. The zero-order valence-electron chi connectivity index (χ0n) is 17.0. The largest absolute Gasteiger partial charge is 0.0625 e. The lowest BCUT2D eigenvalue weighted by Crippen LogP contribution is -2.34. The van der Waals surface area contributed by atoms with Crippen LogP contribution in [0.5, 0.6) is 0 Å². The van der Waals surface area contributed by atoms with Crippen LogP contribution < -0.4 is 0 Å². The van der Waals surface area contributed by atoms with E-state index < -0.39 is 0 Å². The summed E-state index contributed by atoms with van der Waals surface area (Å²) in [7, 11) is 0. The molecule has 2 fully saturated rings. The Balaban J connectivity index is 1.88. The minimum absolute atomic E-state index is 0.253. The van der Waals surface area contributed by atoms with E-state index in [4.69, 9.17) is 0 Å². The van der Waals surface area contributed by atoms with Crippen LogP contribution in [0.25, 0.3) is 0 Å². The molecule has 2 aliphatic carbocycles. The fraction of sp³-hybridized carbons (Fsp3) is 0.750. The maximum absolute atomic E-state index is 2.48. The van der Waals surface area contributed by atoms with Crippen LogP contribution in [0.2, 0.25) is 0 Å². The van der Waals surface area contributed by atoms with Gasteiger partial charge in [-0.15, -0.1) is 0 Å². The van der Waals surface area contributed by atoms with Gasteiger partial charge in [-0.3, -0.25) is 0 Å². The van der Waals surface area contributed by atoms with Gasteiger partial charge < -0.3 is 0 Å². The number of rotatable bonds is 1. The van der Waals surface area contributed by atoms with Crippen LogP contribution in [0.4, 0.5) is 0 Å². The maximum Gasteiger partial charge on any atom is -0.0128 e. The summed E-state index contributed by atoms with van der Waals surface area (Å²) in [5, 5.41) is 0. The van der Waals surface area contributed by atoms with Gasteiger partial charge in [0.2, 0.25) is 0 Å². The van der Waals surface area contributed by atoms with Crippen LogP contribution in [0.3, 0.4) is 0 Å². The van der Waals surface area contributed by atoms with E-state index in [1.807, 2.05) is 0 Å². The Hall–Kier alpha value is -0.780. The van der Waals surface area contributed by atoms with Crippen molar-refractivity contribution >= 4 is 0 Å². The van der Waals surface area contributed by atoms with Gasteiger partial charge in [-0.25, -0.2) is 0 Å². The first-order valence-corrected chi connectivity index (χ1v) is 10.2. The van der Waals surface area contributed by atoms with Crippen LogP contribution in [-0.4, -0.2) is 0 Å². The van der Waals surface area contributed by atoms with Crippen LogP contribution in [-0.2, 0) is 5.41 Å². The molecule has 5 atom stereocenters. The molecule has 24 heavy (non-hydrogen) atoms. The molecule has 3 rings (SSSR count). The highest BCUT2D eigenvalue weighted by Crippen LogP contribution is 2.56. The molecule has 0 spiro atoms. The summed E-state index contributed by atoms with van der Waals surface area (Å²) in [6.45, 7) is 16.8. The summed E-state index contributed by atoms with van der Waals surface area (Å²) in [4.78, 5) is 0. The van der Waals surface area contributed by atoms with Gasteiger partial charge in [0, 0.05) is 0 Å². The average Bonchev–Trinajstić information content (AvgIpc) is 2.84. The highest BCUT2D eigenvalue weighted by molar-refractivity contribution is 5.30. The van der Waals surface area contributed by atoms with Crippen molar-refractivity contribution < 1.29 is 0 Å². The van der Waals surface area contributed by atoms with Crippen molar-refractivity contribution in [3.63, 3.8) is 0 Å². The molecule has 0 bridgehead atoms. The molecule has 0 heterocycles. The van der Waals surface area contributed by atoms with Gasteiger partial charge >= 0.3 is 0 Å². The number of hydrogen-bond acceptors (Lipinski definition) is 0. The zero-order chi connectivity index (χ0) is 17.7. The van der Waals surface area contributed by atoms with E-state index in [1.54, 1.807) is 5.56 Å². The highest BCUT2D eigenvalue weighted by Gasteiger charge is 2.45. The lowest BCUT2D eigenvalue weighted by atomic mass is 9.61. The van der Waals surface area contributed by atoms with E-state index in [-0.39, 0.29) is 5.41 Å². The first-order chi connectivity index (χ1) is 11.1. The quantitative estimate of drug-likeness (QED) is 0.512. The third kappa shape index (κ3) is 3.58. The molecule has 1 aromatic rings. The number of hydrogen-bond donors (Lipinski definition) is 0. The second-order valence-electron chi connectivity index (χ2n) is 11.0. The molecule has 1 aromatic carbocycles. The van der Waals surface area contributed by atoms with Gasteiger partial charge in [0.15, 0.2) is 0 Å². The molecule has 0 amide bonds. The van der Waals surface area contributed by atoms with Crippen molar-refractivity contribution in [2.75, 3.05) is 0 Å². The molecule has 0 heteroatoms. The maximum atomic E-state index is 2.48. The molecule has 0 aromatic heterocycles. The van der Waals surface area contributed by atoms with Crippen molar-refractivity contribution in [1.82, 2.24) is 0 Å². The predicted octanol–water partition coefficient (Wildman–Crippen LogP) is 7.19. The fourth-order valence-electron chi connectivity index (χ4n) is 5.47. The van der Waals surface area contributed by atoms with Gasteiger partial charge in [-0.1, -0.05) is 72.7 Å². The van der Waals surface area contributed by atoms with Gasteiger partial charge in [-0.2, -0.15) is 0 Å². The zero-order valence-corrected chi connectivity index (χ0v) is 17.0. The predicted molar refractivity (Wildman–Crippen MR) is 105 cm³/mol. The van der Waals surface area contributed by atoms with Crippen molar-refractivity contribution in [2.45, 2.75) is 85.5 Å². The molecule has 134 valence electrons. The summed E-state index contributed by atoms with van der Waals surface area (Å²) < 4.78 is 0. The molecule has 2 aliphatic rings. The Morgan fingerprint density at radius 3 is 1.96 bits per heavy atom. The van der Waals surface area contributed by atoms with Crippen molar-refractivity contribution in [3.05, 3.63) is 35.4 Å². The van der Waals surface area contributed by atoms with E-state index in [0.717, 1.165) is 29.6 Å². The minimum atomic E-state index is 0.253. The second kappa shape index (κ2) is 6.19. The van der Waals surface area contributed by atoms with Crippen LogP contribution >= 0.6 is 0 Å². The Kier molecular flexibility index (Phi) is 4.65. The Morgan fingerprint density at radius 1 is 0.792 bits per heavy atom. The summed E-state index contributed by atoms with van der Waals surface area (Å²) in [6, 6.07) is 9.69. The topological polar surface area (TPSA) is 0 Å². The van der Waals surface area contributed by atoms with Crippen molar-refractivity contribution in [3.8, 4) is 0 Å². The minimum Gasteiger partial charge on any atom is -0.0625 e. The van der Waals surface area contributed by atoms with E-state index in [9.17, 15) is 0 Å². The molecule has 5 unspecified atom stereocenters. The summed E-state index contributed by atoms with van der Waals surface area (Å²) in [5.74, 6) is 4.47. The smallest absolute Gasteiger partial charge is 0.0128 e. The first-order valence-electron chi connectivity index (χ1n) is 10.2. The van der Waals surface area contributed by atoms with E-state index in [0.29, 0.717) is 5.41 Å². The number of benzene rings is 1. The normalized spacial score (nSPS) is 34.2. The first kappa shape index (κ1) is 18.0. The van der Waals surface area contributed by atoms with E-state index in [1.165, 1.54) is 31.2 Å². The van der Waals surface area contributed by atoms with Crippen LogP contribution in [0.15, 0.2) is 24.3 Å². The molecule has 0 saturated heterocycles. The van der Waals surface area contributed by atoms with Gasteiger partial charge in [0.25, 0.3) is 0 Å². The van der Waals surface area contributed by atoms with Crippen LogP contribution in [0.1, 0.15) is 91.2 Å². The molecule has 0 nitrogen and oxygen atoms in total. The Labute approximate surface area is 150 Å². The van der Waals surface area contributed by atoms with Gasteiger partial charge in [0.1, 0.15) is 0 Å². The lowest BCUT2D eigenvalue weighted by molar-refractivity contribution is 0.0945. The fourth-order valence-corrected chi connectivity index (χ4v) is 5.47.